The smallest absolute Gasteiger partial charge is 0.339 e. The van der Waals surface area contributed by atoms with Gasteiger partial charge in [-0.25, -0.2) is 4.79 Å². The number of benzene rings is 2. The fraction of sp³-hybridized carbons (Fsp3) is 0.389. The number of ether oxygens (including phenoxy) is 5. The van der Waals surface area contributed by atoms with Crippen LogP contribution in [0.4, 0.5) is 0 Å². The number of esters is 1. The van der Waals surface area contributed by atoms with E-state index in [9.17, 15) is 4.79 Å². The van der Waals surface area contributed by atoms with E-state index in [4.69, 9.17) is 23.7 Å². The molecule has 1 unspecified atom stereocenters. The van der Waals surface area contributed by atoms with E-state index < -0.39 is 18.2 Å². The van der Waals surface area contributed by atoms with E-state index in [2.05, 4.69) is 0 Å². The van der Waals surface area contributed by atoms with Crippen LogP contribution in [0.15, 0.2) is 18.2 Å². The molecule has 2 aromatic carbocycles. The van der Waals surface area contributed by atoms with Crippen molar-refractivity contribution in [3.63, 3.8) is 0 Å². The van der Waals surface area contributed by atoms with Crippen LogP contribution in [-0.2, 0) is 9.47 Å². The van der Waals surface area contributed by atoms with Gasteiger partial charge in [0, 0.05) is 29.5 Å². The minimum atomic E-state index is -0.408. The van der Waals surface area contributed by atoms with Crippen LogP contribution in [0.3, 0.4) is 0 Å². The highest BCUT2D eigenvalue weighted by Gasteiger charge is 2.37. The van der Waals surface area contributed by atoms with Gasteiger partial charge < -0.3 is 23.7 Å². The monoisotopic (exact) mass is 332 g/mol. The molecule has 128 valence electrons. The second kappa shape index (κ2) is 6.20. The molecule has 1 aliphatic heterocycles. The van der Waals surface area contributed by atoms with Crippen molar-refractivity contribution in [2.45, 2.75) is 19.1 Å². The van der Waals surface area contributed by atoms with E-state index in [0.29, 0.717) is 28.4 Å². The molecule has 0 amide bonds. The highest BCUT2D eigenvalue weighted by molar-refractivity contribution is 6.04. The third-order valence-corrected chi connectivity index (χ3v) is 4.32. The molecule has 0 fully saturated rings. The zero-order valence-corrected chi connectivity index (χ0v) is 14.3. The van der Waals surface area contributed by atoms with Crippen LogP contribution in [0.5, 0.6) is 17.2 Å². The first-order valence-corrected chi connectivity index (χ1v) is 7.56. The quantitative estimate of drug-likeness (QED) is 0.802. The average molecular weight is 332 g/mol. The molecule has 6 nitrogen and oxygen atoms in total. The van der Waals surface area contributed by atoms with Gasteiger partial charge in [-0.15, -0.1) is 0 Å². The lowest BCUT2D eigenvalue weighted by atomic mass is 9.91. The van der Waals surface area contributed by atoms with Crippen LogP contribution in [0.1, 0.15) is 28.9 Å². The first-order valence-electron chi connectivity index (χ1n) is 7.56. The molecular formula is C18H20O6. The van der Waals surface area contributed by atoms with Gasteiger partial charge >= 0.3 is 5.97 Å². The summed E-state index contributed by atoms with van der Waals surface area (Å²) in [6, 6.07) is 5.37. The molecule has 0 aliphatic carbocycles. The minimum absolute atomic E-state index is 0.399. The topological polar surface area (TPSA) is 63.2 Å². The van der Waals surface area contributed by atoms with Crippen molar-refractivity contribution < 1.29 is 28.5 Å². The SMILES string of the molecule is COc1cc(OC)c2cc3c(c(OC)c2c1)C(OC)[C@H](C)OC3=O. The number of methoxy groups -OCH3 is 4. The summed E-state index contributed by atoms with van der Waals surface area (Å²) in [5, 5.41) is 1.53. The summed E-state index contributed by atoms with van der Waals surface area (Å²) in [4.78, 5) is 12.4. The number of carbonyl (C=O) groups is 1. The maximum atomic E-state index is 12.4. The van der Waals surface area contributed by atoms with Crippen LogP contribution in [0, 0.1) is 0 Å². The van der Waals surface area contributed by atoms with E-state index in [1.165, 1.54) is 0 Å². The van der Waals surface area contributed by atoms with Crippen molar-refractivity contribution in [3.8, 4) is 17.2 Å². The molecule has 0 spiro atoms. The molecule has 0 bridgehead atoms. The Balaban J connectivity index is 2.43. The van der Waals surface area contributed by atoms with E-state index in [1.807, 2.05) is 6.07 Å². The maximum Gasteiger partial charge on any atom is 0.339 e. The zero-order valence-electron chi connectivity index (χ0n) is 14.3. The Kier molecular flexibility index (Phi) is 4.24. The number of carbonyl (C=O) groups excluding carboxylic acids is 1. The Hall–Kier alpha value is -2.47. The fourth-order valence-electron chi connectivity index (χ4n) is 3.22. The molecule has 2 aromatic rings. The Morgan fingerprint density at radius 2 is 1.71 bits per heavy atom. The summed E-state index contributed by atoms with van der Waals surface area (Å²) < 4.78 is 27.4. The van der Waals surface area contributed by atoms with Gasteiger partial charge in [-0.3, -0.25) is 0 Å². The highest BCUT2D eigenvalue weighted by Crippen LogP contribution is 2.46. The van der Waals surface area contributed by atoms with E-state index in [-0.39, 0.29) is 0 Å². The lowest BCUT2D eigenvalue weighted by Gasteiger charge is -2.31. The molecule has 3 rings (SSSR count). The molecule has 0 saturated heterocycles. The second-order valence-corrected chi connectivity index (χ2v) is 5.56. The van der Waals surface area contributed by atoms with E-state index in [1.54, 1.807) is 47.5 Å². The summed E-state index contributed by atoms with van der Waals surface area (Å²) in [6.07, 6.45) is -0.817. The van der Waals surface area contributed by atoms with Gasteiger partial charge in [0.15, 0.2) is 0 Å². The van der Waals surface area contributed by atoms with Crippen LogP contribution in [0.2, 0.25) is 0 Å². The number of cyclic esters (lactones) is 1. The Morgan fingerprint density at radius 1 is 0.958 bits per heavy atom. The van der Waals surface area contributed by atoms with Crippen molar-refractivity contribution in [2.75, 3.05) is 28.4 Å². The standard InChI is InChI=1S/C18H20O6/c1-9-16(22-4)15-13(18(19)24-9)8-11-12(17(15)23-5)6-10(20-2)7-14(11)21-3/h6-9,16H,1-5H3/t9-,16?/m0/s1. The van der Waals surface area contributed by atoms with Crippen molar-refractivity contribution >= 4 is 16.7 Å². The lowest BCUT2D eigenvalue weighted by Crippen LogP contribution is -2.31. The molecular weight excluding hydrogens is 312 g/mol. The number of fused-ring (bicyclic) bond motifs is 2. The predicted octanol–water partition coefficient (Wildman–Crippen LogP) is 3.11. The molecule has 0 N–H and O–H groups in total. The predicted molar refractivity (Wildman–Crippen MR) is 88.2 cm³/mol. The van der Waals surface area contributed by atoms with Gasteiger partial charge in [-0.1, -0.05) is 0 Å². The Bertz CT molecular complexity index is 798. The molecule has 24 heavy (non-hydrogen) atoms. The molecule has 2 atom stereocenters. The van der Waals surface area contributed by atoms with E-state index in [0.717, 1.165) is 10.8 Å². The summed E-state index contributed by atoms with van der Waals surface area (Å²) in [7, 11) is 6.31. The van der Waals surface area contributed by atoms with Crippen LogP contribution >= 0.6 is 0 Å². The fourth-order valence-corrected chi connectivity index (χ4v) is 3.22. The zero-order chi connectivity index (χ0) is 17.4. The molecule has 0 aromatic heterocycles. The molecule has 0 radical (unpaired) electrons. The van der Waals surface area contributed by atoms with E-state index >= 15 is 0 Å². The Labute approximate surface area is 140 Å². The molecule has 6 heteroatoms. The third-order valence-electron chi connectivity index (χ3n) is 4.32. The van der Waals surface area contributed by atoms with Gasteiger partial charge in [0.2, 0.25) is 0 Å². The third kappa shape index (κ3) is 2.34. The van der Waals surface area contributed by atoms with Gasteiger partial charge in [0.1, 0.15) is 29.5 Å². The molecule has 0 saturated carbocycles. The van der Waals surface area contributed by atoms with Crippen LogP contribution in [0.25, 0.3) is 10.8 Å². The summed E-state index contributed by atoms with van der Waals surface area (Å²) in [5.74, 6) is 1.39. The van der Waals surface area contributed by atoms with Crippen molar-refractivity contribution in [1.82, 2.24) is 0 Å². The summed E-state index contributed by atoms with van der Waals surface area (Å²) in [6.45, 7) is 1.80. The number of hydrogen-bond acceptors (Lipinski definition) is 6. The highest BCUT2D eigenvalue weighted by atomic mass is 16.6. The van der Waals surface area contributed by atoms with Crippen molar-refractivity contribution in [2.24, 2.45) is 0 Å². The van der Waals surface area contributed by atoms with Crippen molar-refractivity contribution in [3.05, 3.63) is 29.3 Å². The summed E-state index contributed by atoms with van der Waals surface area (Å²) >= 11 is 0. The Morgan fingerprint density at radius 3 is 2.29 bits per heavy atom. The van der Waals surface area contributed by atoms with Gasteiger partial charge in [-0.2, -0.15) is 0 Å². The first kappa shape index (κ1) is 16.4. The minimum Gasteiger partial charge on any atom is -0.497 e. The van der Waals surface area contributed by atoms with Gasteiger partial charge in [0.25, 0.3) is 0 Å². The molecule has 1 aliphatic rings. The first-order chi connectivity index (χ1) is 11.5. The summed E-state index contributed by atoms with van der Waals surface area (Å²) in [5.41, 5.74) is 1.11. The second-order valence-electron chi connectivity index (χ2n) is 5.56. The normalized spacial score (nSPS) is 19.6. The van der Waals surface area contributed by atoms with Crippen LogP contribution in [-0.4, -0.2) is 40.5 Å². The van der Waals surface area contributed by atoms with Crippen LogP contribution < -0.4 is 14.2 Å². The molecule has 1 heterocycles. The maximum absolute atomic E-state index is 12.4. The van der Waals surface area contributed by atoms with Crippen molar-refractivity contribution in [1.29, 1.82) is 0 Å². The van der Waals surface area contributed by atoms with Gasteiger partial charge in [-0.05, 0) is 19.1 Å². The average Bonchev–Trinajstić information content (AvgIpc) is 2.59. The van der Waals surface area contributed by atoms with Gasteiger partial charge in [0.05, 0.1) is 26.9 Å². The largest absolute Gasteiger partial charge is 0.497 e. The lowest BCUT2D eigenvalue weighted by molar-refractivity contribution is -0.0397. The number of hydrogen-bond donors (Lipinski definition) is 0. The number of rotatable bonds is 4.